The number of carbonyl (C=O) groups is 1. The molecule has 0 aromatic heterocycles. The lowest BCUT2D eigenvalue weighted by Crippen LogP contribution is -2.30. The standard InChI is InChI=1S/C6H12ClNO2/c1-3-5(7)6(9)8-10-4-2/h5H,3-4H2,1-2H3,(H,8,9). The Balaban J connectivity index is 3.42. The van der Waals surface area contributed by atoms with Gasteiger partial charge >= 0.3 is 0 Å². The lowest BCUT2D eigenvalue weighted by Gasteiger charge is -2.05. The Morgan fingerprint density at radius 3 is 2.70 bits per heavy atom. The molecular weight excluding hydrogens is 154 g/mol. The topological polar surface area (TPSA) is 38.3 Å². The van der Waals surface area contributed by atoms with E-state index in [-0.39, 0.29) is 5.91 Å². The number of amides is 1. The molecule has 0 rings (SSSR count). The SMILES string of the molecule is CCONC(=O)C(Cl)CC. The number of nitrogens with one attached hydrogen (secondary N) is 1. The Hall–Kier alpha value is -0.280. The summed E-state index contributed by atoms with van der Waals surface area (Å²) in [5.41, 5.74) is 2.21. The lowest BCUT2D eigenvalue weighted by atomic mass is 10.3. The molecule has 1 N–H and O–H groups in total. The third kappa shape index (κ3) is 3.69. The van der Waals surface area contributed by atoms with Crippen molar-refractivity contribution in [1.29, 1.82) is 0 Å². The van der Waals surface area contributed by atoms with E-state index < -0.39 is 5.38 Å². The van der Waals surface area contributed by atoms with Crippen molar-refractivity contribution in [3.8, 4) is 0 Å². The molecule has 1 unspecified atom stereocenters. The number of halogens is 1. The number of alkyl halides is 1. The maximum atomic E-state index is 10.8. The molecule has 0 aromatic rings. The summed E-state index contributed by atoms with van der Waals surface area (Å²) in [6.45, 7) is 4.08. The molecular formula is C6H12ClNO2. The van der Waals surface area contributed by atoms with E-state index in [0.717, 1.165) is 0 Å². The van der Waals surface area contributed by atoms with Crippen LogP contribution in [0.4, 0.5) is 0 Å². The van der Waals surface area contributed by atoms with E-state index in [4.69, 9.17) is 11.6 Å². The number of hydrogen-bond acceptors (Lipinski definition) is 2. The molecule has 0 spiro atoms. The van der Waals surface area contributed by atoms with Gasteiger partial charge in [-0.3, -0.25) is 9.63 Å². The first-order chi connectivity index (χ1) is 4.72. The van der Waals surface area contributed by atoms with Gasteiger partial charge in [0.05, 0.1) is 6.61 Å². The molecule has 0 aromatic carbocycles. The average molecular weight is 166 g/mol. The summed E-state index contributed by atoms with van der Waals surface area (Å²) in [6, 6.07) is 0. The Morgan fingerprint density at radius 2 is 2.30 bits per heavy atom. The monoisotopic (exact) mass is 165 g/mol. The van der Waals surface area contributed by atoms with Gasteiger partial charge in [-0.25, -0.2) is 5.48 Å². The maximum Gasteiger partial charge on any atom is 0.261 e. The highest BCUT2D eigenvalue weighted by Gasteiger charge is 2.11. The molecule has 0 bridgehead atoms. The van der Waals surface area contributed by atoms with Crippen LogP contribution in [0.25, 0.3) is 0 Å². The fraction of sp³-hybridized carbons (Fsp3) is 0.833. The number of hydrogen-bond donors (Lipinski definition) is 1. The summed E-state index contributed by atoms with van der Waals surface area (Å²) < 4.78 is 0. The average Bonchev–Trinajstić information content (AvgIpc) is 1.98. The van der Waals surface area contributed by atoms with Crippen LogP contribution < -0.4 is 5.48 Å². The quantitative estimate of drug-likeness (QED) is 0.500. The van der Waals surface area contributed by atoms with Crippen molar-refractivity contribution >= 4 is 17.5 Å². The van der Waals surface area contributed by atoms with E-state index in [9.17, 15) is 4.79 Å². The Bertz CT molecular complexity index is 108. The van der Waals surface area contributed by atoms with Crippen molar-refractivity contribution < 1.29 is 9.63 Å². The van der Waals surface area contributed by atoms with E-state index in [1.54, 1.807) is 6.92 Å². The van der Waals surface area contributed by atoms with Gasteiger partial charge in [-0.2, -0.15) is 0 Å². The van der Waals surface area contributed by atoms with Gasteiger partial charge in [-0.1, -0.05) is 6.92 Å². The van der Waals surface area contributed by atoms with Crippen LogP contribution in [-0.2, 0) is 9.63 Å². The van der Waals surface area contributed by atoms with Crippen molar-refractivity contribution in [3.63, 3.8) is 0 Å². The molecule has 0 aliphatic rings. The van der Waals surface area contributed by atoms with Crippen molar-refractivity contribution in [2.24, 2.45) is 0 Å². The van der Waals surface area contributed by atoms with Gasteiger partial charge < -0.3 is 0 Å². The Morgan fingerprint density at radius 1 is 1.70 bits per heavy atom. The molecule has 1 amide bonds. The fourth-order valence-corrected chi connectivity index (χ4v) is 0.437. The second-order valence-corrected chi connectivity index (χ2v) is 2.30. The second kappa shape index (κ2) is 5.50. The first kappa shape index (κ1) is 9.72. The van der Waals surface area contributed by atoms with Gasteiger partial charge in [0, 0.05) is 0 Å². The van der Waals surface area contributed by atoms with Crippen LogP contribution in [-0.4, -0.2) is 17.9 Å². The van der Waals surface area contributed by atoms with Gasteiger partial charge in [-0.15, -0.1) is 11.6 Å². The Labute approximate surface area is 65.6 Å². The molecule has 0 aliphatic carbocycles. The molecule has 10 heavy (non-hydrogen) atoms. The summed E-state index contributed by atoms with van der Waals surface area (Å²) in [7, 11) is 0. The largest absolute Gasteiger partial charge is 0.274 e. The molecule has 0 aliphatic heterocycles. The second-order valence-electron chi connectivity index (χ2n) is 1.78. The number of rotatable bonds is 4. The number of carbonyl (C=O) groups excluding carboxylic acids is 1. The van der Waals surface area contributed by atoms with Crippen LogP contribution in [0.1, 0.15) is 20.3 Å². The molecule has 4 heteroatoms. The summed E-state index contributed by atoms with van der Waals surface area (Å²) in [6.07, 6.45) is 0.612. The molecule has 0 heterocycles. The summed E-state index contributed by atoms with van der Waals surface area (Å²) in [5, 5.41) is -0.480. The van der Waals surface area contributed by atoms with Gasteiger partial charge in [0.15, 0.2) is 0 Å². The number of hydroxylamine groups is 1. The molecule has 0 radical (unpaired) electrons. The van der Waals surface area contributed by atoms with Crippen molar-refractivity contribution in [1.82, 2.24) is 5.48 Å². The summed E-state index contributed by atoms with van der Waals surface area (Å²) >= 11 is 5.56. The van der Waals surface area contributed by atoms with Crippen LogP contribution in [0.3, 0.4) is 0 Å². The highest BCUT2D eigenvalue weighted by atomic mass is 35.5. The van der Waals surface area contributed by atoms with Gasteiger partial charge in [0.1, 0.15) is 5.38 Å². The molecule has 1 atom stereocenters. The van der Waals surface area contributed by atoms with Crippen LogP contribution in [0.5, 0.6) is 0 Å². The maximum absolute atomic E-state index is 10.8. The van der Waals surface area contributed by atoms with E-state index >= 15 is 0 Å². The minimum absolute atomic E-state index is 0.272. The van der Waals surface area contributed by atoms with E-state index in [1.807, 2.05) is 6.92 Å². The summed E-state index contributed by atoms with van der Waals surface area (Å²) in [4.78, 5) is 15.4. The minimum Gasteiger partial charge on any atom is -0.274 e. The Kier molecular flexibility index (Phi) is 5.35. The zero-order chi connectivity index (χ0) is 7.98. The highest BCUT2D eigenvalue weighted by molar-refractivity contribution is 6.30. The van der Waals surface area contributed by atoms with Crippen LogP contribution in [0.2, 0.25) is 0 Å². The van der Waals surface area contributed by atoms with Gasteiger partial charge in [0.2, 0.25) is 0 Å². The molecule has 0 saturated heterocycles. The lowest BCUT2D eigenvalue weighted by molar-refractivity contribution is -0.132. The van der Waals surface area contributed by atoms with Crippen LogP contribution in [0.15, 0.2) is 0 Å². The zero-order valence-electron chi connectivity index (χ0n) is 6.19. The van der Waals surface area contributed by atoms with Gasteiger partial charge in [-0.05, 0) is 13.3 Å². The van der Waals surface area contributed by atoms with E-state index in [1.165, 1.54) is 0 Å². The van der Waals surface area contributed by atoms with Crippen molar-refractivity contribution in [3.05, 3.63) is 0 Å². The van der Waals surface area contributed by atoms with Crippen molar-refractivity contribution in [2.75, 3.05) is 6.61 Å². The highest BCUT2D eigenvalue weighted by Crippen LogP contribution is 1.99. The van der Waals surface area contributed by atoms with E-state index in [2.05, 4.69) is 10.3 Å². The van der Waals surface area contributed by atoms with Gasteiger partial charge in [0.25, 0.3) is 5.91 Å². The molecule has 60 valence electrons. The fourth-order valence-electron chi connectivity index (χ4n) is 0.393. The van der Waals surface area contributed by atoms with E-state index in [0.29, 0.717) is 13.0 Å². The smallest absolute Gasteiger partial charge is 0.261 e. The first-order valence-corrected chi connectivity index (χ1v) is 3.71. The first-order valence-electron chi connectivity index (χ1n) is 3.28. The molecule has 0 saturated carbocycles. The third-order valence-electron chi connectivity index (χ3n) is 0.960. The third-order valence-corrected chi connectivity index (χ3v) is 1.47. The molecule has 3 nitrogen and oxygen atoms in total. The predicted molar refractivity (Wildman–Crippen MR) is 39.7 cm³/mol. The normalized spacial score (nSPS) is 12.7. The van der Waals surface area contributed by atoms with Crippen LogP contribution in [0, 0.1) is 0 Å². The zero-order valence-corrected chi connectivity index (χ0v) is 6.94. The minimum atomic E-state index is -0.480. The van der Waals surface area contributed by atoms with Crippen molar-refractivity contribution in [2.45, 2.75) is 25.6 Å². The predicted octanol–water partition coefficient (Wildman–Crippen LogP) is 1.07. The van der Waals surface area contributed by atoms with Crippen LogP contribution >= 0.6 is 11.6 Å². The summed E-state index contributed by atoms with van der Waals surface area (Å²) in [5.74, 6) is -0.272. The molecule has 0 fully saturated rings.